The minimum absolute atomic E-state index is 0.173. The molecule has 0 spiro atoms. The molecule has 1 N–H and O–H groups in total. The van der Waals surface area contributed by atoms with Crippen LogP contribution in [-0.2, 0) is 15.1 Å². The van der Waals surface area contributed by atoms with Crippen molar-refractivity contribution in [3.8, 4) is 6.07 Å². The molecule has 1 fully saturated rings. The first-order chi connectivity index (χ1) is 9.20. The molecule has 98 valence electrons. The minimum Gasteiger partial charge on any atom is -0.501 e. The van der Waals surface area contributed by atoms with Crippen molar-refractivity contribution in [2.24, 2.45) is 0 Å². The summed E-state index contributed by atoms with van der Waals surface area (Å²) in [6.07, 6.45) is 4.58. The molecule has 1 aliphatic rings. The van der Waals surface area contributed by atoms with Crippen LogP contribution in [0.25, 0.3) is 0 Å². The fourth-order valence-electron chi connectivity index (χ4n) is 1.98. The fraction of sp³-hybridized carbons (Fsp3) is 0.333. The summed E-state index contributed by atoms with van der Waals surface area (Å²) >= 11 is 0. The molecule has 0 aliphatic heterocycles. The summed E-state index contributed by atoms with van der Waals surface area (Å²) < 4.78 is 5.00. The maximum absolute atomic E-state index is 11.8. The monoisotopic (exact) mass is 256 g/mol. The van der Waals surface area contributed by atoms with Crippen LogP contribution in [-0.4, -0.2) is 12.5 Å². The molecule has 0 unspecified atom stereocenters. The number of carbonyl (C=O) groups is 1. The molecule has 0 radical (unpaired) electrons. The lowest BCUT2D eigenvalue weighted by molar-refractivity contribution is -0.117. The van der Waals surface area contributed by atoms with Gasteiger partial charge in [-0.2, -0.15) is 5.26 Å². The smallest absolute Gasteiger partial charge is 0.247 e. The normalized spacial score (nSPS) is 15.8. The van der Waals surface area contributed by atoms with Crippen molar-refractivity contribution in [1.82, 2.24) is 5.32 Å². The van der Waals surface area contributed by atoms with E-state index in [1.165, 1.54) is 12.3 Å². The molecule has 4 nitrogen and oxygen atoms in total. The second-order valence-corrected chi connectivity index (χ2v) is 4.52. The van der Waals surface area contributed by atoms with Crippen LogP contribution in [0.4, 0.5) is 0 Å². The summed E-state index contributed by atoms with van der Waals surface area (Å²) in [6.45, 7) is 2.40. The van der Waals surface area contributed by atoms with Crippen LogP contribution < -0.4 is 5.32 Å². The van der Waals surface area contributed by atoms with Crippen LogP contribution in [0.5, 0.6) is 0 Å². The third-order valence-corrected chi connectivity index (χ3v) is 3.14. The van der Waals surface area contributed by atoms with Gasteiger partial charge in [0.05, 0.1) is 30.0 Å². The van der Waals surface area contributed by atoms with E-state index in [2.05, 4.69) is 11.4 Å². The fourth-order valence-corrected chi connectivity index (χ4v) is 1.98. The number of carbonyl (C=O) groups excluding carboxylic acids is 1. The number of hydrogen-bond donors (Lipinski definition) is 1. The van der Waals surface area contributed by atoms with E-state index < -0.39 is 0 Å². The third kappa shape index (κ3) is 3.14. The largest absolute Gasteiger partial charge is 0.501 e. The molecule has 1 aliphatic carbocycles. The van der Waals surface area contributed by atoms with Gasteiger partial charge < -0.3 is 10.1 Å². The van der Waals surface area contributed by atoms with Gasteiger partial charge in [0.1, 0.15) is 0 Å². The summed E-state index contributed by atoms with van der Waals surface area (Å²) in [5, 5.41) is 11.9. The lowest BCUT2D eigenvalue weighted by atomic mass is 10.0. The number of hydrogen-bond acceptors (Lipinski definition) is 3. The van der Waals surface area contributed by atoms with Crippen LogP contribution in [0.15, 0.2) is 36.6 Å². The second kappa shape index (κ2) is 5.57. The van der Waals surface area contributed by atoms with Gasteiger partial charge in [0, 0.05) is 6.08 Å². The van der Waals surface area contributed by atoms with E-state index in [0.29, 0.717) is 12.2 Å². The van der Waals surface area contributed by atoms with E-state index in [-0.39, 0.29) is 11.4 Å². The van der Waals surface area contributed by atoms with E-state index in [1.54, 1.807) is 6.07 Å². The summed E-state index contributed by atoms with van der Waals surface area (Å²) in [7, 11) is 0. The Morgan fingerprint density at radius 2 is 2.37 bits per heavy atom. The molecule has 19 heavy (non-hydrogen) atoms. The Bertz CT molecular complexity index is 539. The molecule has 0 saturated heterocycles. The molecule has 1 aromatic carbocycles. The zero-order chi connectivity index (χ0) is 13.7. The minimum atomic E-state index is -0.305. The summed E-state index contributed by atoms with van der Waals surface area (Å²) in [5.41, 5.74) is 1.30. The van der Waals surface area contributed by atoms with Crippen molar-refractivity contribution in [2.45, 2.75) is 25.3 Å². The molecular formula is C15H16N2O2. The van der Waals surface area contributed by atoms with E-state index >= 15 is 0 Å². The Labute approximate surface area is 112 Å². The highest BCUT2D eigenvalue weighted by molar-refractivity contribution is 5.88. The average molecular weight is 256 g/mol. The van der Waals surface area contributed by atoms with Gasteiger partial charge >= 0.3 is 0 Å². The predicted octanol–water partition coefficient (Wildman–Crippen LogP) is 2.21. The number of rotatable bonds is 5. The molecule has 0 heterocycles. The van der Waals surface area contributed by atoms with Crippen molar-refractivity contribution >= 4 is 5.91 Å². The van der Waals surface area contributed by atoms with Crippen LogP contribution in [0.3, 0.4) is 0 Å². The van der Waals surface area contributed by atoms with Crippen LogP contribution in [0.2, 0.25) is 0 Å². The number of nitrogens with zero attached hydrogens (tertiary/aromatic N) is 1. The molecular weight excluding hydrogens is 240 g/mol. The van der Waals surface area contributed by atoms with Gasteiger partial charge in [-0.25, -0.2) is 0 Å². The number of nitrogens with one attached hydrogen (secondary N) is 1. The van der Waals surface area contributed by atoms with Gasteiger partial charge in [0.2, 0.25) is 5.91 Å². The first-order valence-electron chi connectivity index (χ1n) is 6.31. The Balaban J connectivity index is 2.07. The number of benzene rings is 1. The lowest BCUT2D eigenvalue weighted by Crippen LogP contribution is -2.33. The summed E-state index contributed by atoms with van der Waals surface area (Å²) in [6, 6.07) is 9.50. The molecule has 1 aromatic rings. The first kappa shape index (κ1) is 13.2. The molecule has 1 saturated carbocycles. The molecule has 0 atom stereocenters. The molecule has 0 aromatic heterocycles. The molecule has 0 bridgehead atoms. The van der Waals surface area contributed by atoms with Gasteiger partial charge in [-0.3, -0.25) is 4.79 Å². The second-order valence-electron chi connectivity index (χ2n) is 4.52. The Kier molecular flexibility index (Phi) is 3.86. The highest BCUT2D eigenvalue weighted by Gasteiger charge is 2.45. The number of ether oxygens (including phenoxy) is 1. The van der Waals surface area contributed by atoms with E-state index in [0.717, 1.165) is 18.4 Å². The zero-order valence-electron chi connectivity index (χ0n) is 10.8. The van der Waals surface area contributed by atoms with Crippen molar-refractivity contribution in [3.63, 3.8) is 0 Å². The third-order valence-electron chi connectivity index (χ3n) is 3.14. The van der Waals surface area contributed by atoms with Crippen LogP contribution in [0.1, 0.15) is 30.9 Å². The van der Waals surface area contributed by atoms with Crippen molar-refractivity contribution in [2.75, 3.05) is 6.61 Å². The van der Waals surface area contributed by atoms with Crippen LogP contribution >= 0.6 is 0 Å². The van der Waals surface area contributed by atoms with Gasteiger partial charge in [-0.1, -0.05) is 12.1 Å². The average Bonchev–Trinajstić information content (AvgIpc) is 3.20. The molecule has 4 heteroatoms. The first-order valence-corrected chi connectivity index (χ1v) is 6.31. The Morgan fingerprint density at radius 3 is 3.00 bits per heavy atom. The number of amides is 1. The van der Waals surface area contributed by atoms with Crippen molar-refractivity contribution < 1.29 is 9.53 Å². The molecule has 2 rings (SSSR count). The highest BCUT2D eigenvalue weighted by atomic mass is 16.5. The van der Waals surface area contributed by atoms with E-state index in [4.69, 9.17) is 10.00 Å². The molecule has 1 amide bonds. The SMILES string of the molecule is CCO/C=C/C(=O)NC1(c2cccc(C#N)c2)CC1. The van der Waals surface area contributed by atoms with Gasteiger partial charge in [0.25, 0.3) is 0 Å². The Morgan fingerprint density at radius 1 is 1.58 bits per heavy atom. The topological polar surface area (TPSA) is 62.1 Å². The van der Waals surface area contributed by atoms with E-state index in [9.17, 15) is 4.79 Å². The van der Waals surface area contributed by atoms with Gasteiger partial charge in [-0.15, -0.1) is 0 Å². The lowest BCUT2D eigenvalue weighted by Gasteiger charge is -2.17. The zero-order valence-corrected chi connectivity index (χ0v) is 10.8. The summed E-state index contributed by atoms with van der Waals surface area (Å²) in [5.74, 6) is -0.173. The predicted molar refractivity (Wildman–Crippen MR) is 71.0 cm³/mol. The maximum atomic E-state index is 11.8. The van der Waals surface area contributed by atoms with E-state index in [1.807, 2.05) is 25.1 Å². The summed E-state index contributed by atoms with van der Waals surface area (Å²) in [4.78, 5) is 11.8. The quantitative estimate of drug-likeness (QED) is 0.649. The standard InChI is InChI=1S/C15H16N2O2/c1-2-19-9-6-14(18)17-15(7-8-15)13-5-3-4-12(10-13)11-16/h3-6,9-10H,2,7-8H2,1H3,(H,17,18)/b9-6+. The maximum Gasteiger partial charge on any atom is 0.247 e. The van der Waals surface area contributed by atoms with Crippen LogP contribution in [0, 0.1) is 11.3 Å². The van der Waals surface area contributed by atoms with Crippen molar-refractivity contribution in [1.29, 1.82) is 5.26 Å². The number of nitriles is 1. The van der Waals surface area contributed by atoms with Gasteiger partial charge in [-0.05, 0) is 37.5 Å². The Hall–Kier alpha value is -2.28. The highest BCUT2D eigenvalue weighted by Crippen LogP contribution is 2.45. The van der Waals surface area contributed by atoms with Gasteiger partial charge in [0.15, 0.2) is 0 Å². The van der Waals surface area contributed by atoms with Crippen molar-refractivity contribution in [3.05, 3.63) is 47.7 Å².